The molecule has 39 heavy (non-hydrogen) atoms. The van der Waals surface area contributed by atoms with Gasteiger partial charge in [-0.05, 0) is 61.4 Å². The van der Waals surface area contributed by atoms with Gasteiger partial charge >= 0.3 is 10.8 Å². The van der Waals surface area contributed by atoms with Crippen molar-refractivity contribution in [1.29, 1.82) is 0 Å². The van der Waals surface area contributed by atoms with Crippen LogP contribution in [0.15, 0.2) is 58.4 Å². The van der Waals surface area contributed by atoms with E-state index in [0.717, 1.165) is 27.6 Å². The van der Waals surface area contributed by atoms with Crippen molar-refractivity contribution in [2.75, 3.05) is 18.6 Å². The number of aromatic amines is 1. The van der Waals surface area contributed by atoms with Gasteiger partial charge in [0, 0.05) is 21.6 Å². The van der Waals surface area contributed by atoms with E-state index in [9.17, 15) is 19.2 Å². The van der Waals surface area contributed by atoms with Gasteiger partial charge in [-0.25, -0.2) is 4.79 Å². The summed E-state index contributed by atoms with van der Waals surface area (Å²) in [5, 5.41) is 0.973. The number of anilines is 1. The number of esters is 1. The van der Waals surface area contributed by atoms with Crippen molar-refractivity contribution in [2.45, 2.75) is 29.5 Å². The van der Waals surface area contributed by atoms with E-state index in [1.54, 1.807) is 50.1 Å². The summed E-state index contributed by atoms with van der Waals surface area (Å²) in [5.74, 6) is -0.752. The summed E-state index contributed by atoms with van der Waals surface area (Å²) in [6.07, 6.45) is 0.815. The van der Waals surface area contributed by atoms with Crippen molar-refractivity contribution in [3.63, 3.8) is 0 Å². The molecule has 8 nitrogen and oxygen atoms in total. The van der Waals surface area contributed by atoms with Crippen molar-refractivity contribution < 1.29 is 23.9 Å². The summed E-state index contributed by atoms with van der Waals surface area (Å²) in [4.78, 5) is 57.5. The molecule has 0 radical (unpaired) electrons. The molecule has 7 atom stereocenters. The number of thioether (sulfide) groups is 1. The third-order valence-electron chi connectivity index (χ3n) is 8.83. The normalized spacial score (nSPS) is 30.2. The number of benzene rings is 2. The molecule has 3 heterocycles. The molecule has 1 N–H and O–H groups in total. The molecule has 0 spiro atoms. The Morgan fingerprint density at radius 3 is 2.46 bits per heavy atom. The molecule has 1 saturated heterocycles. The molecule has 2 aliphatic carbocycles. The van der Waals surface area contributed by atoms with E-state index >= 15 is 0 Å². The van der Waals surface area contributed by atoms with Gasteiger partial charge in [-0.15, -0.1) is 11.8 Å². The molecule has 4 aliphatic rings. The van der Waals surface area contributed by atoms with Gasteiger partial charge in [0.1, 0.15) is 5.75 Å². The number of amides is 2. The predicted octanol–water partition coefficient (Wildman–Crippen LogP) is 4.30. The zero-order valence-corrected chi connectivity index (χ0v) is 22.9. The molecule has 2 amide bonds. The van der Waals surface area contributed by atoms with E-state index in [1.807, 2.05) is 24.3 Å². The van der Waals surface area contributed by atoms with Crippen LogP contribution in [0.1, 0.15) is 40.1 Å². The van der Waals surface area contributed by atoms with Gasteiger partial charge < -0.3 is 14.5 Å². The van der Waals surface area contributed by atoms with Gasteiger partial charge in [0.25, 0.3) is 0 Å². The second-order valence-corrected chi connectivity index (χ2v) is 12.7. The molecule has 2 saturated carbocycles. The van der Waals surface area contributed by atoms with Crippen molar-refractivity contribution in [2.24, 2.45) is 29.6 Å². The number of methoxy groups -OCH3 is 1. The number of ether oxygens (including phenoxy) is 2. The summed E-state index contributed by atoms with van der Waals surface area (Å²) in [7, 11) is 1.65. The third-order valence-corrected chi connectivity index (χ3v) is 11.4. The van der Waals surface area contributed by atoms with Crippen LogP contribution in [0.5, 0.6) is 5.75 Å². The average Bonchev–Trinajstić information content (AvgIpc) is 3.67. The molecule has 3 aromatic rings. The number of nitrogens with zero attached hydrogens (tertiary/aromatic N) is 1. The maximum atomic E-state index is 13.9. The highest BCUT2D eigenvalue weighted by atomic mass is 32.2. The predicted molar refractivity (Wildman–Crippen MR) is 146 cm³/mol. The molecule has 1 aromatic heterocycles. The highest BCUT2D eigenvalue weighted by molar-refractivity contribution is 8.00. The molecular formula is C29H26N2O6S2. The van der Waals surface area contributed by atoms with Crippen LogP contribution in [0.4, 0.5) is 5.69 Å². The number of carbonyl (C=O) groups is 3. The lowest BCUT2D eigenvalue weighted by Crippen LogP contribution is -2.42. The SMILES string of the molecule is CCOC(=O)c1ccc(N2C(=O)[C@H]3[C@H]4C[C@@H]([C@@H]3C2=O)[C@H]2[C@H](c3ccccc3OC)c3sc(=O)[nH]c3S[C@H]42)cc1. The first-order chi connectivity index (χ1) is 18.9. The molecular weight excluding hydrogens is 536 g/mol. The Bertz CT molecular complexity index is 1560. The van der Waals surface area contributed by atoms with Crippen LogP contribution in [0.2, 0.25) is 0 Å². The number of thiazole rings is 1. The number of imide groups is 1. The van der Waals surface area contributed by atoms with Crippen LogP contribution in [0.25, 0.3) is 0 Å². The van der Waals surface area contributed by atoms with Crippen LogP contribution >= 0.6 is 23.1 Å². The Labute approximate surface area is 232 Å². The molecule has 7 rings (SSSR count). The van der Waals surface area contributed by atoms with Gasteiger partial charge in [-0.2, -0.15) is 0 Å². The standard InChI is InChI=1S/C29H26N2O6S2/c1-3-37-28(34)13-8-10-14(11-9-13)31-26(32)21-16-12-17(22(21)27(31)33)23-20(16)19(15-6-4-5-7-18(15)36-2)24-25(38-23)30-29(35)39-24/h4-11,16-17,19-23H,3,12H2,1-2H3,(H,30,35)/t16-,17-,19+,20+,21+,22+,23-/m1/s1. The molecule has 200 valence electrons. The van der Waals surface area contributed by atoms with Crippen LogP contribution in [0.3, 0.4) is 0 Å². The van der Waals surface area contributed by atoms with Crippen molar-refractivity contribution in [1.82, 2.24) is 4.98 Å². The summed E-state index contributed by atoms with van der Waals surface area (Å²) < 4.78 is 10.8. The van der Waals surface area contributed by atoms with Crippen LogP contribution in [0, 0.1) is 29.6 Å². The molecule has 2 bridgehead atoms. The fourth-order valence-corrected chi connectivity index (χ4v) is 10.4. The first kappa shape index (κ1) is 24.7. The summed E-state index contributed by atoms with van der Waals surface area (Å²) in [5.41, 5.74) is 1.87. The topological polar surface area (TPSA) is 106 Å². The highest BCUT2D eigenvalue weighted by Crippen LogP contribution is 2.69. The van der Waals surface area contributed by atoms with Crippen molar-refractivity contribution in [3.8, 4) is 5.75 Å². The fraction of sp³-hybridized carbons (Fsp3) is 0.379. The quantitative estimate of drug-likeness (QED) is 0.365. The number of rotatable bonds is 5. The molecule has 2 aliphatic heterocycles. The minimum Gasteiger partial charge on any atom is -0.496 e. The summed E-state index contributed by atoms with van der Waals surface area (Å²) in [6.45, 7) is 2.01. The van der Waals surface area contributed by atoms with E-state index in [1.165, 1.54) is 16.2 Å². The molecule has 10 heteroatoms. The van der Waals surface area contributed by atoms with Gasteiger partial charge in [0.2, 0.25) is 11.8 Å². The highest BCUT2D eigenvalue weighted by Gasteiger charge is 2.69. The first-order valence-electron chi connectivity index (χ1n) is 13.1. The second-order valence-electron chi connectivity index (χ2n) is 10.5. The van der Waals surface area contributed by atoms with E-state index in [0.29, 0.717) is 11.3 Å². The van der Waals surface area contributed by atoms with E-state index in [2.05, 4.69) is 4.98 Å². The zero-order valence-electron chi connectivity index (χ0n) is 21.3. The zero-order chi connectivity index (χ0) is 27.0. The maximum Gasteiger partial charge on any atom is 0.338 e. The largest absolute Gasteiger partial charge is 0.496 e. The lowest BCUT2D eigenvalue weighted by Gasteiger charge is -2.43. The fourth-order valence-electron chi connectivity index (χ4n) is 7.50. The van der Waals surface area contributed by atoms with Gasteiger partial charge in [-0.3, -0.25) is 19.3 Å². The number of fused-ring (bicyclic) bond motifs is 9. The molecule has 0 unspecified atom stereocenters. The van der Waals surface area contributed by atoms with Gasteiger partial charge in [0.15, 0.2) is 0 Å². The Hall–Kier alpha value is -3.37. The lowest BCUT2D eigenvalue weighted by molar-refractivity contribution is -0.123. The number of H-pyrrole nitrogens is 1. The Kier molecular flexibility index (Phi) is 5.75. The maximum absolute atomic E-state index is 13.9. The number of aromatic nitrogens is 1. The lowest BCUT2D eigenvalue weighted by atomic mass is 9.68. The number of nitrogens with one attached hydrogen (secondary N) is 1. The van der Waals surface area contributed by atoms with E-state index in [4.69, 9.17) is 9.47 Å². The number of carbonyl (C=O) groups excluding carboxylic acids is 3. The van der Waals surface area contributed by atoms with Crippen LogP contribution in [-0.2, 0) is 14.3 Å². The van der Waals surface area contributed by atoms with Crippen molar-refractivity contribution in [3.05, 3.63) is 74.2 Å². The van der Waals surface area contributed by atoms with E-state index in [-0.39, 0.29) is 58.1 Å². The Morgan fingerprint density at radius 1 is 1.03 bits per heavy atom. The number of hydrogen-bond donors (Lipinski definition) is 1. The molecule has 3 fully saturated rings. The average molecular weight is 563 g/mol. The number of hydrogen-bond acceptors (Lipinski definition) is 8. The third kappa shape index (κ3) is 3.50. The summed E-state index contributed by atoms with van der Waals surface area (Å²) in [6, 6.07) is 14.4. The number of para-hydroxylation sites is 1. The minimum atomic E-state index is -0.438. The summed E-state index contributed by atoms with van der Waals surface area (Å²) >= 11 is 2.90. The minimum absolute atomic E-state index is 0.0121. The van der Waals surface area contributed by atoms with Gasteiger partial charge in [-0.1, -0.05) is 29.5 Å². The van der Waals surface area contributed by atoms with Gasteiger partial charge in [0.05, 0.1) is 41.8 Å². The first-order valence-corrected chi connectivity index (χ1v) is 14.8. The van der Waals surface area contributed by atoms with Crippen LogP contribution < -0.4 is 14.5 Å². The Balaban J connectivity index is 1.27. The van der Waals surface area contributed by atoms with Crippen LogP contribution in [-0.4, -0.2) is 41.7 Å². The smallest absolute Gasteiger partial charge is 0.338 e. The Morgan fingerprint density at radius 2 is 1.74 bits per heavy atom. The monoisotopic (exact) mass is 562 g/mol. The van der Waals surface area contributed by atoms with E-state index < -0.39 is 11.9 Å². The second kappa shape index (κ2) is 9.09. The van der Waals surface area contributed by atoms with Crippen molar-refractivity contribution >= 4 is 46.6 Å². The molecule has 2 aromatic carbocycles.